The molecule has 0 spiro atoms. The van der Waals surface area contributed by atoms with Crippen LogP contribution in [-0.4, -0.2) is 41.4 Å². The van der Waals surface area contributed by atoms with Gasteiger partial charge in [-0.15, -0.1) is 6.58 Å². The van der Waals surface area contributed by atoms with Crippen LogP contribution in [0, 0.1) is 0 Å². The average Bonchev–Trinajstić information content (AvgIpc) is 2.18. The van der Waals surface area contributed by atoms with Gasteiger partial charge in [0.1, 0.15) is 6.04 Å². The molecule has 8 heteroatoms. The molecule has 0 saturated heterocycles. The summed E-state index contributed by atoms with van der Waals surface area (Å²) in [4.78, 5) is 19.2. The highest BCUT2D eigenvalue weighted by molar-refractivity contribution is 5.73. The van der Waals surface area contributed by atoms with E-state index in [4.69, 9.17) is 15.0 Å². The number of likely N-dealkylation sites (N-methyl/N-ethyl adjacent to an activating group) is 1. The van der Waals surface area contributed by atoms with E-state index in [0.717, 1.165) is 6.42 Å². The summed E-state index contributed by atoms with van der Waals surface area (Å²) >= 11 is 0. The van der Waals surface area contributed by atoms with Crippen LogP contribution in [0.4, 0.5) is 13.2 Å². The quantitative estimate of drug-likeness (QED) is 0.645. The molecule has 0 aliphatic heterocycles. The average molecular weight is 257 g/mol. The van der Waals surface area contributed by atoms with E-state index in [9.17, 15) is 18.0 Å². The molecule has 0 heterocycles. The summed E-state index contributed by atoms with van der Waals surface area (Å²) in [6.45, 7) is 3.51. The molecule has 1 unspecified atom stereocenters. The summed E-state index contributed by atoms with van der Waals surface area (Å²) in [5.41, 5.74) is 0. The molecule has 0 amide bonds. The fourth-order valence-electron chi connectivity index (χ4n) is 0.676. The number of allylic oxidation sites excluding steroid dienone is 1. The van der Waals surface area contributed by atoms with Crippen molar-refractivity contribution in [2.45, 2.75) is 25.1 Å². The molecule has 0 saturated carbocycles. The van der Waals surface area contributed by atoms with Gasteiger partial charge >= 0.3 is 18.1 Å². The number of carboxylic acids is 2. The molecule has 17 heavy (non-hydrogen) atoms. The van der Waals surface area contributed by atoms with E-state index < -0.39 is 24.2 Å². The van der Waals surface area contributed by atoms with Crippen molar-refractivity contribution in [2.24, 2.45) is 0 Å². The molecular formula is C9H14F3NO4. The van der Waals surface area contributed by atoms with Crippen molar-refractivity contribution >= 4 is 11.9 Å². The minimum Gasteiger partial charge on any atom is -0.480 e. The Balaban J connectivity index is 0. The number of halogens is 3. The van der Waals surface area contributed by atoms with E-state index >= 15 is 0 Å². The Morgan fingerprint density at radius 1 is 1.41 bits per heavy atom. The lowest BCUT2D eigenvalue weighted by atomic mass is 10.1. The monoisotopic (exact) mass is 257 g/mol. The molecule has 0 bridgehead atoms. The zero-order valence-corrected chi connectivity index (χ0v) is 9.12. The maximum absolute atomic E-state index is 10.6. The smallest absolute Gasteiger partial charge is 0.480 e. The van der Waals surface area contributed by atoms with Crippen molar-refractivity contribution < 1.29 is 33.0 Å². The highest BCUT2D eigenvalue weighted by atomic mass is 19.4. The molecule has 0 aliphatic rings. The van der Waals surface area contributed by atoms with Crippen LogP contribution in [0.3, 0.4) is 0 Å². The van der Waals surface area contributed by atoms with Crippen molar-refractivity contribution in [3.05, 3.63) is 12.7 Å². The lowest BCUT2D eigenvalue weighted by molar-refractivity contribution is -0.192. The Bertz CT molecular complexity index is 265. The van der Waals surface area contributed by atoms with Gasteiger partial charge in [-0.25, -0.2) is 4.79 Å². The SMILES string of the molecule is C=CCCC(NC)C(=O)O.O=C(O)C(F)(F)F. The van der Waals surface area contributed by atoms with Gasteiger partial charge in [0.05, 0.1) is 0 Å². The van der Waals surface area contributed by atoms with Gasteiger partial charge in [0.15, 0.2) is 0 Å². The number of aliphatic carboxylic acids is 2. The van der Waals surface area contributed by atoms with Crippen LogP contribution >= 0.6 is 0 Å². The molecule has 0 fully saturated rings. The molecule has 0 aromatic heterocycles. The normalized spacial score (nSPS) is 12.0. The van der Waals surface area contributed by atoms with Gasteiger partial charge in [-0.05, 0) is 19.9 Å². The topological polar surface area (TPSA) is 86.6 Å². The summed E-state index contributed by atoms with van der Waals surface area (Å²) in [6, 6.07) is -0.432. The van der Waals surface area contributed by atoms with Crippen LogP contribution in [-0.2, 0) is 9.59 Å². The van der Waals surface area contributed by atoms with Crippen LogP contribution in [0.2, 0.25) is 0 Å². The van der Waals surface area contributed by atoms with E-state index in [1.807, 2.05) is 0 Å². The fourth-order valence-corrected chi connectivity index (χ4v) is 0.676. The first-order valence-corrected chi connectivity index (χ1v) is 4.47. The number of carbonyl (C=O) groups is 2. The van der Waals surface area contributed by atoms with E-state index in [2.05, 4.69) is 11.9 Å². The molecular weight excluding hydrogens is 243 g/mol. The Hall–Kier alpha value is -1.57. The minimum absolute atomic E-state index is 0.432. The van der Waals surface area contributed by atoms with Crippen LogP contribution < -0.4 is 5.32 Å². The summed E-state index contributed by atoms with van der Waals surface area (Å²) in [6.07, 6.45) is -2.03. The first kappa shape index (κ1) is 17.8. The first-order valence-electron chi connectivity index (χ1n) is 4.47. The van der Waals surface area contributed by atoms with Crippen molar-refractivity contribution in [3.8, 4) is 0 Å². The van der Waals surface area contributed by atoms with Crippen LogP contribution in [0.5, 0.6) is 0 Å². The first-order chi connectivity index (χ1) is 7.66. The van der Waals surface area contributed by atoms with Gasteiger partial charge in [-0.1, -0.05) is 6.08 Å². The van der Waals surface area contributed by atoms with Crippen molar-refractivity contribution in [3.63, 3.8) is 0 Å². The second-order valence-corrected chi connectivity index (χ2v) is 2.85. The molecule has 0 aromatic rings. The third-order valence-electron chi connectivity index (χ3n) is 1.55. The summed E-state index contributed by atoms with van der Waals surface area (Å²) < 4.78 is 31.7. The largest absolute Gasteiger partial charge is 0.490 e. The number of alkyl halides is 3. The van der Waals surface area contributed by atoms with E-state index in [-0.39, 0.29) is 0 Å². The summed E-state index contributed by atoms with van der Waals surface area (Å²) in [5, 5.41) is 18.3. The van der Waals surface area contributed by atoms with Crippen molar-refractivity contribution in [1.82, 2.24) is 5.32 Å². The van der Waals surface area contributed by atoms with E-state index in [1.54, 1.807) is 13.1 Å². The van der Waals surface area contributed by atoms with Gasteiger partial charge in [0.2, 0.25) is 0 Å². The fraction of sp³-hybridized carbons (Fsp3) is 0.556. The van der Waals surface area contributed by atoms with E-state index in [0.29, 0.717) is 6.42 Å². The molecule has 0 aliphatic carbocycles. The maximum atomic E-state index is 10.6. The zero-order valence-electron chi connectivity index (χ0n) is 9.12. The Morgan fingerprint density at radius 2 is 1.82 bits per heavy atom. The Kier molecular flexibility index (Phi) is 8.98. The number of rotatable bonds is 5. The van der Waals surface area contributed by atoms with Gasteiger partial charge in [-0.3, -0.25) is 4.79 Å². The summed E-state index contributed by atoms with van der Waals surface area (Å²) in [5.74, 6) is -3.56. The maximum Gasteiger partial charge on any atom is 0.490 e. The highest BCUT2D eigenvalue weighted by Gasteiger charge is 2.38. The molecule has 0 rings (SSSR count). The second kappa shape index (κ2) is 8.57. The highest BCUT2D eigenvalue weighted by Crippen LogP contribution is 2.13. The van der Waals surface area contributed by atoms with Crippen LogP contribution in [0.1, 0.15) is 12.8 Å². The van der Waals surface area contributed by atoms with E-state index in [1.165, 1.54) is 0 Å². The minimum atomic E-state index is -5.08. The predicted octanol–water partition coefficient (Wildman–Crippen LogP) is 1.26. The molecule has 100 valence electrons. The summed E-state index contributed by atoms with van der Waals surface area (Å²) in [7, 11) is 1.64. The van der Waals surface area contributed by atoms with Crippen molar-refractivity contribution in [2.75, 3.05) is 7.05 Å². The van der Waals surface area contributed by atoms with Crippen LogP contribution in [0.15, 0.2) is 12.7 Å². The van der Waals surface area contributed by atoms with Crippen LogP contribution in [0.25, 0.3) is 0 Å². The number of hydrogen-bond acceptors (Lipinski definition) is 3. The predicted molar refractivity (Wildman–Crippen MR) is 53.6 cm³/mol. The Labute approximate surface area is 95.9 Å². The van der Waals surface area contributed by atoms with Crippen molar-refractivity contribution in [1.29, 1.82) is 0 Å². The molecule has 5 nitrogen and oxygen atoms in total. The second-order valence-electron chi connectivity index (χ2n) is 2.85. The number of nitrogens with one attached hydrogen (secondary N) is 1. The lowest BCUT2D eigenvalue weighted by Crippen LogP contribution is -2.33. The molecule has 0 radical (unpaired) electrons. The third-order valence-corrected chi connectivity index (χ3v) is 1.55. The number of carboxylic acid groups (broad SMARTS) is 2. The van der Waals surface area contributed by atoms with Gasteiger partial charge in [0.25, 0.3) is 0 Å². The van der Waals surface area contributed by atoms with Gasteiger partial charge in [0, 0.05) is 0 Å². The van der Waals surface area contributed by atoms with Gasteiger partial charge in [-0.2, -0.15) is 13.2 Å². The molecule has 1 atom stereocenters. The lowest BCUT2D eigenvalue weighted by Gasteiger charge is -2.07. The van der Waals surface area contributed by atoms with Gasteiger partial charge < -0.3 is 15.5 Å². The zero-order chi connectivity index (χ0) is 14.1. The molecule has 3 N–H and O–H groups in total. The standard InChI is InChI=1S/C7H13NO2.C2HF3O2/c1-3-4-5-6(8-2)7(9)10;3-2(4,5)1(6)7/h3,6,8H,1,4-5H2,2H3,(H,9,10);(H,6,7). The number of hydrogen-bond donors (Lipinski definition) is 3. The molecule has 0 aromatic carbocycles. The Morgan fingerprint density at radius 3 is 2.00 bits per heavy atom. The third kappa shape index (κ3) is 10.7.